The fourth-order valence-electron chi connectivity index (χ4n) is 2.82. The summed E-state index contributed by atoms with van der Waals surface area (Å²) in [6.45, 7) is 5.88. The average Bonchev–Trinajstić information content (AvgIpc) is 2.45. The fraction of sp³-hybridized carbons (Fsp3) is 0.600. The van der Waals surface area contributed by atoms with E-state index in [2.05, 4.69) is 10.2 Å². The molecule has 1 aliphatic heterocycles. The van der Waals surface area contributed by atoms with E-state index in [4.69, 9.17) is 11.6 Å². The second-order valence-electron chi connectivity index (χ2n) is 5.76. The van der Waals surface area contributed by atoms with Crippen molar-refractivity contribution in [2.45, 2.75) is 45.2 Å². The minimum atomic E-state index is -0.388. The lowest BCUT2D eigenvalue weighted by atomic mass is 10.0. The van der Waals surface area contributed by atoms with Crippen molar-refractivity contribution in [3.05, 3.63) is 33.3 Å². The third kappa shape index (κ3) is 3.86. The minimum Gasteiger partial charge on any atom is -0.362 e. The van der Waals surface area contributed by atoms with Gasteiger partial charge in [-0.15, -0.1) is 0 Å². The predicted molar refractivity (Wildman–Crippen MR) is 86.2 cm³/mol. The lowest BCUT2D eigenvalue weighted by molar-refractivity contribution is -0.384. The molecule has 1 saturated heterocycles. The molecule has 0 aromatic heterocycles. The SMILES string of the molecule is CC(C)N(CC1CCCCN1)c1cccc(Cl)c1[N+](=O)[O-]. The molecule has 0 amide bonds. The van der Waals surface area contributed by atoms with Crippen LogP contribution in [0.5, 0.6) is 0 Å². The Hall–Kier alpha value is -1.33. The molecule has 1 unspecified atom stereocenters. The van der Waals surface area contributed by atoms with Crippen molar-refractivity contribution in [3.8, 4) is 0 Å². The van der Waals surface area contributed by atoms with Gasteiger partial charge >= 0.3 is 5.69 Å². The number of nitro benzene ring substituents is 1. The summed E-state index contributed by atoms with van der Waals surface area (Å²) in [4.78, 5) is 13.0. The molecule has 0 saturated carbocycles. The van der Waals surface area contributed by atoms with Crippen molar-refractivity contribution < 1.29 is 4.92 Å². The van der Waals surface area contributed by atoms with Crippen LogP contribution in [-0.2, 0) is 0 Å². The molecule has 0 aliphatic carbocycles. The first kappa shape index (κ1) is 16.0. The Balaban J connectivity index is 2.29. The number of hydrogen-bond donors (Lipinski definition) is 1. The van der Waals surface area contributed by atoms with Gasteiger partial charge < -0.3 is 10.2 Å². The predicted octanol–water partition coefficient (Wildman–Crippen LogP) is 3.61. The van der Waals surface area contributed by atoms with E-state index in [9.17, 15) is 10.1 Å². The summed E-state index contributed by atoms with van der Waals surface area (Å²) in [5, 5.41) is 15.0. The topological polar surface area (TPSA) is 58.4 Å². The highest BCUT2D eigenvalue weighted by Crippen LogP contribution is 2.36. The molecule has 1 heterocycles. The van der Waals surface area contributed by atoms with Gasteiger partial charge in [0.05, 0.1) is 4.92 Å². The van der Waals surface area contributed by atoms with E-state index in [1.807, 2.05) is 13.8 Å². The van der Waals surface area contributed by atoms with Crippen molar-refractivity contribution >= 4 is 23.0 Å². The van der Waals surface area contributed by atoms with E-state index < -0.39 is 0 Å². The molecule has 1 fully saturated rings. The Morgan fingerprint density at radius 2 is 2.24 bits per heavy atom. The van der Waals surface area contributed by atoms with Crippen LogP contribution in [0.4, 0.5) is 11.4 Å². The smallest absolute Gasteiger partial charge is 0.310 e. The third-order valence-electron chi connectivity index (χ3n) is 3.91. The highest BCUT2D eigenvalue weighted by Gasteiger charge is 2.26. The molecule has 0 radical (unpaired) electrons. The highest BCUT2D eigenvalue weighted by molar-refractivity contribution is 6.33. The molecule has 1 atom stereocenters. The number of hydrogen-bond acceptors (Lipinski definition) is 4. The van der Waals surface area contributed by atoms with Crippen LogP contribution >= 0.6 is 11.6 Å². The number of benzene rings is 1. The van der Waals surface area contributed by atoms with Crippen LogP contribution in [0.15, 0.2) is 18.2 Å². The van der Waals surface area contributed by atoms with E-state index in [-0.39, 0.29) is 21.7 Å². The molecular weight excluding hydrogens is 290 g/mol. The number of piperidine rings is 1. The summed E-state index contributed by atoms with van der Waals surface area (Å²) in [7, 11) is 0. The second-order valence-corrected chi connectivity index (χ2v) is 6.16. The quantitative estimate of drug-likeness (QED) is 0.666. The summed E-state index contributed by atoms with van der Waals surface area (Å²) < 4.78 is 0. The molecule has 1 N–H and O–H groups in total. The summed E-state index contributed by atoms with van der Waals surface area (Å²) in [5.41, 5.74) is 0.610. The number of halogens is 1. The Morgan fingerprint density at radius 1 is 1.48 bits per heavy atom. The van der Waals surface area contributed by atoms with E-state index in [0.29, 0.717) is 11.7 Å². The Labute approximate surface area is 130 Å². The van der Waals surface area contributed by atoms with Crippen LogP contribution in [0.25, 0.3) is 0 Å². The maximum atomic E-state index is 11.3. The summed E-state index contributed by atoms with van der Waals surface area (Å²) in [5.74, 6) is 0. The first-order chi connectivity index (χ1) is 10.0. The third-order valence-corrected chi connectivity index (χ3v) is 4.22. The molecule has 1 aromatic rings. The maximum Gasteiger partial charge on any atom is 0.310 e. The van der Waals surface area contributed by atoms with Crippen LogP contribution in [0.1, 0.15) is 33.1 Å². The van der Waals surface area contributed by atoms with E-state index in [1.165, 1.54) is 12.8 Å². The number of nitrogens with one attached hydrogen (secondary N) is 1. The van der Waals surface area contributed by atoms with Gasteiger partial charge in [0, 0.05) is 18.6 Å². The van der Waals surface area contributed by atoms with Crippen molar-refractivity contribution in [3.63, 3.8) is 0 Å². The van der Waals surface area contributed by atoms with E-state index in [0.717, 1.165) is 19.5 Å². The van der Waals surface area contributed by atoms with Gasteiger partial charge in [0.1, 0.15) is 10.7 Å². The Bertz CT molecular complexity index is 502. The number of anilines is 1. The minimum absolute atomic E-state index is 0.00340. The standard InChI is InChI=1S/C15H22ClN3O2/c1-11(2)18(10-12-6-3-4-9-17-12)14-8-5-7-13(16)15(14)19(20)21/h5,7-8,11-12,17H,3-4,6,9-10H2,1-2H3. The number of nitro groups is 1. The van der Waals surface area contributed by atoms with Gasteiger partial charge in [-0.25, -0.2) is 0 Å². The van der Waals surface area contributed by atoms with Gasteiger partial charge in [-0.2, -0.15) is 0 Å². The molecule has 2 rings (SSSR count). The molecule has 0 bridgehead atoms. The first-order valence-electron chi connectivity index (χ1n) is 7.43. The normalized spacial score (nSPS) is 18.8. The monoisotopic (exact) mass is 311 g/mol. The summed E-state index contributed by atoms with van der Waals surface area (Å²) in [6.07, 6.45) is 3.52. The first-order valence-corrected chi connectivity index (χ1v) is 7.81. The Morgan fingerprint density at radius 3 is 2.81 bits per heavy atom. The van der Waals surface area contributed by atoms with E-state index in [1.54, 1.807) is 18.2 Å². The molecule has 1 aliphatic rings. The van der Waals surface area contributed by atoms with Crippen molar-refractivity contribution in [1.29, 1.82) is 0 Å². The summed E-state index contributed by atoms with van der Waals surface area (Å²) in [6, 6.07) is 5.67. The van der Waals surface area contributed by atoms with Crippen LogP contribution in [0, 0.1) is 10.1 Å². The molecule has 21 heavy (non-hydrogen) atoms. The van der Waals surface area contributed by atoms with Gasteiger partial charge in [-0.3, -0.25) is 10.1 Å². The highest BCUT2D eigenvalue weighted by atomic mass is 35.5. The van der Waals surface area contributed by atoms with Crippen molar-refractivity contribution in [2.75, 3.05) is 18.0 Å². The van der Waals surface area contributed by atoms with Crippen molar-refractivity contribution in [2.24, 2.45) is 0 Å². The fourth-order valence-corrected chi connectivity index (χ4v) is 3.06. The average molecular weight is 312 g/mol. The van der Waals surface area contributed by atoms with Gasteiger partial charge in [0.15, 0.2) is 0 Å². The molecule has 1 aromatic carbocycles. The lowest BCUT2D eigenvalue weighted by Crippen LogP contribution is -2.46. The largest absolute Gasteiger partial charge is 0.362 e. The lowest BCUT2D eigenvalue weighted by Gasteiger charge is -2.34. The van der Waals surface area contributed by atoms with E-state index >= 15 is 0 Å². The van der Waals surface area contributed by atoms with Gasteiger partial charge in [0.2, 0.25) is 0 Å². The van der Waals surface area contributed by atoms with Gasteiger partial charge in [-0.1, -0.05) is 24.1 Å². The van der Waals surface area contributed by atoms with Crippen LogP contribution < -0.4 is 10.2 Å². The van der Waals surface area contributed by atoms with Crippen LogP contribution in [0.2, 0.25) is 5.02 Å². The van der Waals surface area contributed by atoms with Crippen LogP contribution in [-0.4, -0.2) is 30.1 Å². The second kappa shape index (κ2) is 7.09. The molecule has 0 spiro atoms. The van der Waals surface area contributed by atoms with Gasteiger partial charge in [0.25, 0.3) is 0 Å². The molecule has 6 heteroatoms. The number of nitrogens with zero attached hydrogens (tertiary/aromatic N) is 2. The zero-order valence-corrected chi connectivity index (χ0v) is 13.3. The molecular formula is C15H22ClN3O2. The number of rotatable bonds is 5. The summed E-state index contributed by atoms with van der Waals surface area (Å²) >= 11 is 6.03. The van der Waals surface area contributed by atoms with Gasteiger partial charge in [-0.05, 0) is 45.4 Å². The van der Waals surface area contributed by atoms with Crippen LogP contribution in [0.3, 0.4) is 0 Å². The Kier molecular flexibility index (Phi) is 5.42. The molecule has 5 nitrogen and oxygen atoms in total. The zero-order chi connectivity index (χ0) is 15.4. The molecule has 116 valence electrons. The zero-order valence-electron chi connectivity index (χ0n) is 12.5. The maximum absolute atomic E-state index is 11.3. The van der Waals surface area contributed by atoms with Crippen molar-refractivity contribution in [1.82, 2.24) is 5.32 Å². The number of para-hydroxylation sites is 1.